The number of amides is 1. The quantitative estimate of drug-likeness (QED) is 0.522. The fraction of sp³-hybridized carbons (Fsp3) is 0.238. The number of carbonyl (C=O) groups is 1. The van der Waals surface area contributed by atoms with Gasteiger partial charge in [0.25, 0.3) is 0 Å². The monoisotopic (exact) mass is 461 g/mol. The minimum absolute atomic E-state index is 0.0810. The van der Waals surface area contributed by atoms with Gasteiger partial charge in [-0.25, -0.2) is 4.98 Å². The van der Waals surface area contributed by atoms with E-state index in [2.05, 4.69) is 26.2 Å². The largest absolute Gasteiger partial charge is 0.497 e. The average Bonchev–Trinajstić information content (AvgIpc) is 2.64. The molecule has 0 bridgehead atoms. The molecule has 1 heterocycles. The summed E-state index contributed by atoms with van der Waals surface area (Å²) in [6.07, 6.45) is 0. The maximum atomic E-state index is 12.4. The molecule has 5 nitrogen and oxygen atoms in total. The van der Waals surface area contributed by atoms with Crippen LogP contribution in [0.5, 0.6) is 5.75 Å². The van der Waals surface area contributed by atoms with Gasteiger partial charge in [-0.15, -0.1) is 0 Å². The molecule has 146 valence electrons. The summed E-state index contributed by atoms with van der Waals surface area (Å²) in [7, 11) is 3.50. The molecule has 2 aromatic carbocycles. The number of pyridine rings is 1. The molecule has 28 heavy (non-hydrogen) atoms. The Morgan fingerprint density at radius 3 is 2.75 bits per heavy atom. The van der Waals surface area contributed by atoms with Gasteiger partial charge in [0.15, 0.2) is 0 Å². The number of benzene rings is 2. The highest BCUT2D eigenvalue weighted by Crippen LogP contribution is 2.25. The predicted molar refractivity (Wildman–Crippen MR) is 117 cm³/mol. The van der Waals surface area contributed by atoms with Gasteiger partial charge in [0.2, 0.25) is 5.91 Å². The summed E-state index contributed by atoms with van der Waals surface area (Å²) in [5, 5.41) is 4.35. The van der Waals surface area contributed by atoms with Crippen LogP contribution in [0.4, 0.5) is 5.69 Å². The Morgan fingerprint density at radius 1 is 1.25 bits per heavy atom. The summed E-state index contributed by atoms with van der Waals surface area (Å²) in [6.45, 7) is 2.71. The van der Waals surface area contributed by atoms with Crippen LogP contribution in [0.2, 0.25) is 5.15 Å². The summed E-state index contributed by atoms with van der Waals surface area (Å²) < 4.78 is 6.21. The standard InChI is InChI=1S/C21H21BrClN3O2/c1-13-8-16(22)5-7-18(13)24-20(27)12-26(2)11-15-9-14-4-6-17(28-3)10-19(14)25-21(15)23/h4-10H,11-12H2,1-3H3,(H,24,27). The van der Waals surface area contributed by atoms with E-state index in [9.17, 15) is 4.79 Å². The van der Waals surface area contributed by atoms with Crippen LogP contribution < -0.4 is 10.1 Å². The molecule has 0 atom stereocenters. The van der Waals surface area contributed by atoms with Crippen LogP contribution in [0.1, 0.15) is 11.1 Å². The van der Waals surface area contributed by atoms with E-state index >= 15 is 0 Å². The number of hydrogen-bond donors (Lipinski definition) is 1. The lowest BCUT2D eigenvalue weighted by molar-refractivity contribution is -0.117. The molecule has 0 fully saturated rings. The number of carbonyl (C=O) groups excluding carboxylic acids is 1. The van der Waals surface area contributed by atoms with E-state index in [1.807, 2.05) is 61.3 Å². The Bertz CT molecular complexity index is 1030. The molecule has 3 aromatic rings. The second-order valence-electron chi connectivity index (χ2n) is 6.68. The number of rotatable bonds is 6. The third-order valence-electron chi connectivity index (χ3n) is 4.37. The SMILES string of the molecule is COc1ccc2cc(CN(C)CC(=O)Nc3ccc(Br)cc3C)c(Cl)nc2c1. The maximum absolute atomic E-state index is 12.4. The molecule has 1 amide bonds. The number of anilines is 1. The van der Waals surface area contributed by atoms with Gasteiger partial charge in [0.1, 0.15) is 10.9 Å². The van der Waals surface area contributed by atoms with Gasteiger partial charge in [0.05, 0.1) is 19.2 Å². The van der Waals surface area contributed by atoms with Crippen molar-refractivity contribution in [2.75, 3.05) is 26.0 Å². The van der Waals surface area contributed by atoms with E-state index in [0.717, 1.165) is 37.9 Å². The first-order valence-corrected chi connectivity index (χ1v) is 9.90. The summed E-state index contributed by atoms with van der Waals surface area (Å²) in [5.41, 5.74) is 3.46. The third kappa shape index (κ3) is 5.01. The normalized spacial score (nSPS) is 11.1. The number of hydrogen-bond acceptors (Lipinski definition) is 4. The molecule has 1 N–H and O–H groups in total. The highest BCUT2D eigenvalue weighted by Gasteiger charge is 2.12. The maximum Gasteiger partial charge on any atom is 0.238 e. The van der Waals surface area contributed by atoms with E-state index in [1.165, 1.54) is 0 Å². The van der Waals surface area contributed by atoms with Crippen molar-refractivity contribution < 1.29 is 9.53 Å². The highest BCUT2D eigenvalue weighted by molar-refractivity contribution is 9.10. The van der Waals surface area contributed by atoms with E-state index in [0.29, 0.717) is 11.7 Å². The number of likely N-dealkylation sites (N-methyl/N-ethyl adjacent to an activating group) is 1. The van der Waals surface area contributed by atoms with Crippen LogP contribution >= 0.6 is 27.5 Å². The van der Waals surface area contributed by atoms with Crippen LogP contribution in [-0.2, 0) is 11.3 Å². The second-order valence-corrected chi connectivity index (χ2v) is 7.95. The minimum Gasteiger partial charge on any atom is -0.497 e. The van der Waals surface area contributed by atoms with Crippen molar-refractivity contribution in [1.29, 1.82) is 0 Å². The molecule has 1 aromatic heterocycles. The first-order chi connectivity index (χ1) is 13.4. The molecular formula is C21H21BrClN3O2. The zero-order valence-electron chi connectivity index (χ0n) is 15.9. The number of aryl methyl sites for hydroxylation is 1. The number of halogens is 2. The van der Waals surface area contributed by atoms with Gasteiger partial charge < -0.3 is 10.1 Å². The van der Waals surface area contributed by atoms with Crippen LogP contribution in [0.3, 0.4) is 0 Å². The van der Waals surface area contributed by atoms with E-state index in [1.54, 1.807) is 7.11 Å². The molecule has 0 spiro atoms. The number of fused-ring (bicyclic) bond motifs is 1. The third-order valence-corrected chi connectivity index (χ3v) is 5.19. The number of aromatic nitrogens is 1. The first kappa shape index (κ1) is 20.6. The Balaban J connectivity index is 1.67. The van der Waals surface area contributed by atoms with Crippen LogP contribution in [-0.4, -0.2) is 36.5 Å². The Kier molecular flexibility index (Phi) is 6.54. The van der Waals surface area contributed by atoms with Gasteiger partial charge in [-0.2, -0.15) is 0 Å². The van der Waals surface area contributed by atoms with E-state index in [-0.39, 0.29) is 12.5 Å². The van der Waals surface area contributed by atoms with Crippen LogP contribution in [0.15, 0.2) is 46.9 Å². The molecule has 0 aliphatic heterocycles. The summed E-state index contributed by atoms with van der Waals surface area (Å²) in [5.74, 6) is 0.656. The fourth-order valence-electron chi connectivity index (χ4n) is 2.95. The van der Waals surface area contributed by atoms with Crippen LogP contribution in [0.25, 0.3) is 10.9 Å². The average molecular weight is 463 g/mol. The van der Waals surface area contributed by atoms with Gasteiger partial charge in [-0.1, -0.05) is 27.5 Å². The van der Waals surface area contributed by atoms with Gasteiger partial charge in [-0.3, -0.25) is 9.69 Å². The molecule has 0 unspecified atom stereocenters. The number of methoxy groups -OCH3 is 1. The molecule has 3 rings (SSSR count). The van der Waals surface area contributed by atoms with Crippen LogP contribution in [0, 0.1) is 6.92 Å². The topological polar surface area (TPSA) is 54.5 Å². The predicted octanol–water partition coefficient (Wildman–Crippen LogP) is 5.04. The highest BCUT2D eigenvalue weighted by atomic mass is 79.9. The van der Waals surface area contributed by atoms with Gasteiger partial charge in [0, 0.05) is 33.7 Å². The summed E-state index contributed by atoms with van der Waals surface area (Å²) in [6, 6.07) is 13.4. The molecule has 0 saturated carbocycles. The Hall–Kier alpha value is -2.15. The van der Waals surface area contributed by atoms with Crippen molar-refractivity contribution in [3.8, 4) is 5.75 Å². The van der Waals surface area contributed by atoms with E-state index < -0.39 is 0 Å². The first-order valence-electron chi connectivity index (χ1n) is 8.73. The van der Waals surface area contributed by atoms with Crippen molar-refractivity contribution in [3.05, 3.63) is 63.2 Å². The zero-order chi connectivity index (χ0) is 20.3. The summed E-state index contributed by atoms with van der Waals surface area (Å²) in [4.78, 5) is 18.8. The molecule has 0 saturated heterocycles. The Morgan fingerprint density at radius 2 is 2.04 bits per heavy atom. The van der Waals surface area contributed by atoms with Gasteiger partial charge >= 0.3 is 0 Å². The Labute approximate surface area is 177 Å². The molecular weight excluding hydrogens is 442 g/mol. The lowest BCUT2D eigenvalue weighted by Gasteiger charge is -2.18. The van der Waals surface area contributed by atoms with Crippen molar-refractivity contribution in [2.24, 2.45) is 0 Å². The molecule has 0 radical (unpaired) electrons. The molecule has 0 aliphatic rings. The molecule has 7 heteroatoms. The lowest BCUT2D eigenvalue weighted by Crippen LogP contribution is -2.30. The molecule has 0 aliphatic carbocycles. The summed E-state index contributed by atoms with van der Waals surface area (Å²) >= 11 is 9.79. The van der Waals surface area contributed by atoms with E-state index in [4.69, 9.17) is 16.3 Å². The zero-order valence-corrected chi connectivity index (χ0v) is 18.3. The smallest absolute Gasteiger partial charge is 0.238 e. The van der Waals surface area contributed by atoms with Crippen molar-refractivity contribution in [2.45, 2.75) is 13.5 Å². The van der Waals surface area contributed by atoms with Crippen molar-refractivity contribution in [3.63, 3.8) is 0 Å². The fourth-order valence-corrected chi connectivity index (χ4v) is 3.63. The van der Waals surface area contributed by atoms with Crippen molar-refractivity contribution in [1.82, 2.24) is 9.88 Å². The number of nitrogens with one attached hydrogen (secondary N) is 1. The number of nitrogens with zero attached hydrogens (tertiary/aromatic N) is 2. The lowest BCUT2D eigenvalue weighted by atomic mass is 10.1. The van der Waals surface area contributed by atoms with Gasteiger partial charge in [-0.05, 0) is 55.9 Å². The number of ether oxygens (including phenoxy) is 1. The van der Waals surface area contributed by atoms with Crippen molar-refractivity contribution >= 4 is 50.0 Å². The minimum atomic E-state index is -0.0810. The second kappa shape index (κ2) is 8.90.